The van der Waals surface area contributed by atoms with Crippen molar-refractivity contribution in [3.05, 3.63) is 35.4 Å². The summed E-state index contributed by atoms with van der Waals surface area (Å²) in [4.78, 5) is 10.5. The van der Waals surface area contributed by atoms with Crippen molar-refractivity contribution in [2.75, 3.05) is 6.54 Å². The van der Waals surface area contributed by atoms with Gasteiger partial charge in [0.2, 0.25) is 5.91 Å². The number of alkyl halides is 3. The van der Waals surface area contributed by atoms with Gasteiger partial charge in [-0.1, -0.05) is 18.2 Å². The first-order valence-corrected chi connectivity index (χ1v) is 5.15. The minimum absolute atomic E-state index is 0.105. The van der Waals surface area contributed by atoms with Gasteiger partial charge >= 0.3 is 6.18 Å². The van der Waals surface area contributed by atoms with E-state index in [1.807, 2.05) is 0 Å². The molecule has 0 aromatic heterocycles. The Bertz CT molecular complexity index is 421. The van der Waals surface area contributed by atoms with Crippen LogP contribution in [0.15, 0.2) is 24.3 Å². The molecule has 100 valence electrons. The predicted molar refractivity (Wildman–Crippen MR) is 58.4 cm³/mol. The van der Waals surface area contributed by atoms with E-state index in [1.54, 1.807) is 0 Å². The van der Waals surface area contributed by atoms with Crippen molar-refractivity contribution in [3.8, 4) is 0 Å². The molecule has 0 heterocycles. The van der Waals surface area contributed by atoms with Crippen LogP contribution in [0.5, 0.6) is 0 Å². The Kier molecular flexibility index (Phi) is 4.69. The van der Waals surface area contributed by atoms with Gasteiger partial charge in [-0.3, -0.25) is 4.79 Å². The molecule has 0 saturated heterocycles. The summed E-state index contributed by atoms with van der Waals surface area (Å²) in [6.07, 6.45) is -5.74. The number of carbonyl (C=O) groups excluding carboxylic acids is 1. The van der Waals surface area contributed by atoms with E-state index >= 15 is 0 Å². The SMILES string of the molecule is NC(=O)C(O)CNCc1cccc(C(F)(F)F)c1. The molecule has 1 aromatic carbocycles. The molecule has 18 heavy (non-hydrogen) atoms. The quantitative estimate of drug-likeness (QED) is 0.729. The average molecular weight is 262 g/mol. The van der Waals surface area contributed by atoms with Crippen LogP contribution in [0.1, 0.15) is 11.1 Å². The van der Waals surface area contributed by atoms with Gasteiger partial charge in [-0.2, -0.15) is 13.2 Å². The van der Waals surface area contributed by atoms with Crippen molar-refractivity contribution in [2.24, 2.45) is 5.73 Å². The van der Waals surface area contributed by atoms with E-state index in [4.69, 9.17) is 10.8 Å². The van der Waals surface area contributed by atoms with Crippen molar-refractivity contribution in [1.82, 2.24) is 5.32 Å². The van der Waals surface area contributed by atoms with Crippen LogP contribution in [-0.4, -0.2) is 23.7 Å². The van der Waals surface area contributed by atoms with Crippen LogP contribution >= 0.6 is 0 Å². The zero-order chi connectivity index (χ0) is 13.8. The molecule has 4 N–H and O–H groups in total. The summed E-state index contributed by atoms with van der Waals surface area (Å²) in [5.41, 5.74) is 4.48. The summed E-state index contributed by atoms with van der Waals surface area (Å²) in [5, 5.41) is 11.7. The highest BCUT2D eigenvalue weighted by molar-refractivity contribution is 5.78. The van der Waals surface area contributed by atoms with Gasteiger partial charge in [0.15, 0.2) is 0 Å². The second-order valence-electron chi connectivity index (χ2n) is 3.75. The summed E-state index contributed by atoms with van der Waals surface area (Å²) >= 11 is 0. The standard InChI is InChI=1S/C11H13F3N2O2/c12-11(13,14)8-3-1-2-7(4-8)5-16-6-9(17)10(15)18/h1-4,9,16-17H,5-6H2,(H2,15,18). The number of primary amides is 1. The largest absolute Gasteiger partial charge is 0.416 e. The molecule has 1 atom stereocenters. The molecular formula is C11H13F3N2O2. The number of aliphatic hydroxyl groups is 1. The first kappa shape index (κ1) is 14.5. The zero-order valence-electron chi connectivity index (χ0n) is 9.37. The van der Waals surface area contributed by atoms with Crippen molar-refractivity contribution in [1.29, 1.82) is 0 Å². The van der Waals surface area contributed by atoms with Crippen LogP contribution in [0, 0.1) is 0 Å². The van der Waals surface area contributed by atoms with Gasteiger partial charge in [0.1, 0.15) is 6.10 Å². The molecular weight excluding hydrogens is 249 g/mol. The van der Waals surface area contributed by atoms with E-state index in [0.29, 0.717) is 5.56 Å². The van der Waals surface area contributed by atoms with Gasteiger partial charge in [-0.25, -0.2) is 0 Å². The maximum Gasteiger partial charge on any atom is 0.416 e. The van der Waals surface area contributed by atoms with Crippen LogP contribution in [0.4, 0.5) is 13.2 Å². The lowest BCUT2D eigenvalue weighted by atomic mass is 10.1. The third-order valence-electron chi connectivity index (χ3n) is 2.25. The van der Waals surface area contributed by atoms with Crippen LogP contribution in [0.2, 0.25) is 0 Å². The molecule has 0 aliphatic rings. The minimum atomic E-state index is -4.39. The number of hydrogen-bond donors (Lipinski definition) is 3. The maximum absolute atomic E-state index is 12.4. The zero-order valence-corrected chi connectivity index (χ0v) is 9.37. The molecule has 0 spiro atoms. The lowest BCUT2D eigenvalue weighted by Gasteiger charge is -2.10. The van der Waals surface area contributed by atoms with E-state index in [9.17, 15) is 18.0 Å². The first-order chi connectivity index (χ1) is 8.30. The maximum atomic E-state index is 12.4. The molecule has 1 aromatic rings. The first-order valence-electron chi connectivity index (χ1n) is 5.15. The number of aliphatic hydroxyl groups excluding tert-OH is 1. The van der Waals surface area contributed by atoms with Crippen LogP contribution in [0.25, 0.3) is 0 Å². The molecule has 0 fully saturated rings. The lowest BCUT2D eigenvalue weighted by Crippen LogP contribution is -2.37. The van der Waals surface area contributed by atoms with E-state index in [2.05, 4.69) is 5.32 Å². The van der Waals surface area contributed by atoms with Gasteiger partial charge in [-0.15, -0.1) is 0 Å². The molecule has 1 unspecified atom stereocenters. The summed E-state index contributed by atoms with van der Waals surface area (Å²) < 4.78 is 37.2. The molecule has 0 aliphatic carbocycles. The monoisotopic (exact) mass is 262 g/mol. The van der Waals surface area contributed by atoms with E-state index in [0.717, 1.165) is 12.1 Å². The smallest absolute Gasteiger partial charge is 0.382 e. The number of carbonyl (C=O) groups is 1. The summed E-state index contributed by atoms with van der Waals surface area (Å²) in [5.74, 6) is -0.883. The molecule has 4 nitrogen and oxygen atoms in total. The molecule has 0 saturated carbocycles. The fraction of sp³-hybridized carbons (Fsp3) is 0.364. The Morgan fingerprint density at radius 2 is 2.11 bits per heavy atom. The molecule has 1 amide bonds. The van der Waals surface area contributed by atoms with Crippen molar-refractivity contribution < 1.29 is 23.1 Å². The van der Waals surface area contributed by atoms with Gasteiger partial charge in [0.05, 0.1) is 5.56 Å². The number of amides is 1. The van der Waals surface area contributed by atoms with Gasteiger partial charge < -0.3 is 16.2 Å². The number of nitrogens with two attached hydrogens (primary N) is 1. The Balaban J connectivity index is 2.56. The molecule has 7 heteroatoms. The normalized spacial score (nSPS) is 13.3. The van der Waals surface area contributed by atoms with Gasteiger partial charge in [0, 0.05) is 13.1 Å². The van der Waals surface area contributed by atoms with Gasteiger partial charge in [-0.05, 0) is 11.6 Å². The van der Waals surface area contributed by atoms with E-state index in [-0.39, 0.29) is 13.1 Å². The van der Waals surface area contributed by atoms with E-state index < -0.39 is 23.8 Å². The summed E-state index contributed by atoms with van der Waals surface area (Å²) in [7, 11) is 0. The molecule has 0 bridgehead atoms. The third-order valence-corrected chi connectivity index (χ3v) is 2.25. The number of hydrogen-bond acceptors (Lipinski definition) is 3. The van der Waals surface area contributed by atoms with Crippen LogP contribution in [0.3, 0.4) is 0 Å². The highest BCUT2D eigenvalue weighted by Gasteiger charge is 2.30. The summed E-state index contributed by atoms with van der Waals surface area (Å²) in [6, 6.07) is 4.79. The highest BCUT2D eigenvalue weighted by Crippen LogP contribution is 2.29. The Morgan fingerprint density at radius 3 is 2.67 bits per heavy atom. The van der Waals surface area contributed by atoms with Crippen LogP contribution < -0.4 is 11.1 Å². The highest BCUT2D eigenvalue weighted by atomic mass is 19.4. The Hall–Kier alpha value is -1.60. The lowest BCUT2D eigenvalue weighted by molar-refractivity contribution is -0.137. The molecule has 0 radical (unpaired) electrons. The summed E-state index contributed by atoms with van der Waals surface area (Å²) in [6.45, 7) is -0.000160. The fourth-order valence-corrected chi connectivity index (χ4v) is 1.31. The number of rotatable bonds is 5. The van der Waals surface area contributed by atoms with E-state index in [1.165, 1.54) is 12.1 Å². The van der Waals surface area contributed by atoms with Crippen molar-refractivity contribution in [3.63, 3.8) is 0 Å². The van der Waals surface area contributed by atoms with Crippen molar-refractivity contribution >= 4 is 5.91 Å². The van der Waals surface area contributed by atoms with Crippen LogP contribution in [-0.2, 0) is 17.5 Å². The Labute approximate surface area is 102 Å². The fourth-order valence-electron chi connectivity index (χ4n) is 1.31. The van der Waals surface area contributed by atoms with Crippen molar-refractivity contribution in [2.45, 2.75) is 18.8 Å². The molecule has 0 aliphatic heterocycles. The third kappa shape index (κ3) is 4.34. The van der Waals surface area contributed by atoms with Gasteiger partial charge in [0.25, 0.3) is 0 Å². The topological polar surface area (TPSA) is 75.4 Å². The number of nitrogens with one attached hydrogen (secondary N) is 1. The second-order valence-corrected chi connectivity index (χ2v) is 3.75. The molecule has 1 rings (SSSR count). The number of halogens is 3. The average Bonchev–Trinajstić information content (AvgIpc) is 2.28. The number of benzene rings is 1. The predicted octanol–water partition coefficient (Wildman–Crippen LogP) is 0.641. The Morgan fingerprint density at radius 1 is 1.44 bits per heavy atom. The second kappa shape index (κ2) is 5.83. The minimum Gasteiger partial charge on any atom is -0.382 e.